The Balaban J connectivity index is 2.84. The maximum absolute atomic E-state index is 11.9. The molecule has 3 heteroatoms. The van der Waals surface area contributed by atoms with Gasteiger partial charge in [-0.25, -0.2) is 0 Å². The van der Waals surface area contributed by atoms with Crippen molar-refractivity contribution in [2.24, 2.45) is 5.41 Å². The van der Waals surface area contributed by atoms with Crippen LogP contribution in [0.5, 0.6) is 0 Å². The highest BCUT2D eigenvalue weighted by molar-refractivity contribution is 5.95. The van der Waals surface area contributed by atoms with Gasteiger partial charge >= 0.3 is 0 Å². The van der Waals surface area contributed by atoms with Crippen LogP contribution < -0.4 is 10.6 Å². The van der Waals surface area contributed by atoms with Crippen molar-refractivity contribution in [2.45, 2.75) is 27.3 Å². The average molecular weight is 220 g/mol. The van der Waals surface area contributed by atoms with Crippen LogP contribution >= 0.6 is 0 Å². The smallest absolute Gasteiger partial charge is 0.229 e. The molecule has 0 aliphatic heterocycles. The number of rotatable bonds is 3. The predicted molar refractivity (Wildman–Crippen MR) is 67.3 cm³/mol. The van der Waals surface area contributed by atoms with Crippen LogP contribution in [0.15, 0.2) is 24.3 Å². The summed E-state index contributed by atoms with van der Waals surface area (Å²) in [6.07, 6.45) is 0. The molecule has 1 rings (SSSR count). The van der Waals surface area contributed by atoms with Crippen molar-refractivity contribution < 1.29 is 4.79 Å². The minimum Gasteiger partial charge on any atom is -0.325 e. The fourth-order valence-electron chi connectivity index (χ4n) is 1.30. The van der Waals surface area contributed by atoms with E-state index >= 15 is 0 Å². The van der Waals surface area contributed by atoms with Crippen LogP contribution in [0.3, 0.4) is 0 Å². The summed E-state index contributed by atoms with van der Waals surface area (Å²) in [6, 6.07) is 7.84. The molecule has 0 spiro atoms. The van der Waals surface area contributed by atoms with Crippen molar-refractivity contribution in [2.75, 3.05) is 12.4 Å². The standard InChI is InChI=1S/C13H20N2O/c1-13(2,3)12(16)15-11-8-6-5-7-10(11)9-14-4/h5-8,14H,9H2,1-4H3,(H,15,16). The predicted octanol–water partition coefficient (Wildman–Crippen LogP) is 2.39. The largest absolute Gasteiger partial charge is 0.325 e. The SMILES string of the molecule is CNCc1ccccc1NC(=O)C(C)(C)C. The van der Waals surface area contributed by atoms with Crippen LogP contribution in [0.1, 0.15) is 26.3 Å². The summed E-state index contributed by atoms with van der Waals surface area (Å²) >= 11 is 0. The summed E-state index contributed by atoms with van der Waals surface area (Å²) in [6.45, 7) is 6.47. The van der Waals surface area contributed by atoms with Gasteiger partial charge in [0.05, 0.1) is 0 Å². The summed E-state index contributed by atoms with van der Waals surface area (Å²) in [5.74, 6) is 0.0380. The normalized spacial score (nSPS) is 11.2. The number of nitrogens with one attached hydrogen (secondary N) is 2. The number of benzene rings is 1. The van der Waals surface area contributed by atoms with Crippen molar-refractivity contribution in [3.05, 3.63) is 29.8 Å². The minimum atomic E-state index is -0.368. The van der Waals surface area contributed by atoms with E-state index in [4.69, 9.17) is 0 Å². The van der Waals surface area contributed by atoms with Gasteiger partial charge in [-0.3, -0.25) is 4.79 Å². The van der Waals surface area contributed by atoms with Crippen molar-refractivity contribution in [1.82, 2.24) is 5.32 Å². The van der Waals surface area contributed by atoms with Crippen molar-refractivity contribution in [3.63, 3.8) is 0 Å². The van der Waals surface area contributed by atoms with E-state index < -0.39 is 0 Å². The van der Waals surface area contributed by atoms with E-state index in [1.165, 1.54) is 0 Å². The monoisotopic (exact) mass is 220 g/mol. The van der Waals surface area contributed by atoms with E-state index in [2.05, 4.69) is 10.6 Å². The second-order valence-corrected chi connectivity index (χ2v) is 4.89. The summed E-state index contributed by atoms with van der Waals surface area (Å²) in [7, 11) is 1.89. The first-order chi connectivity index (χ1) is 7.45. The third-order valence-corrected chi connectivity index (χ3v) is 2.31. The molecular formula is C13H20N2O. The van der Waals surface area contributed by atoms with E-state index in [0.717, 1.165) is 17.8 Å². The Morgan fingerprint density at radius 1 is 1.25 bits per heavy atom. The fraction of sp³-hybridized carbons (Fsp3) is 0.462. The van der Waals surface area contributed by atoms with Crippen LogP contribution in [-0.2, 0) is 11.3 Å². The molecule has 0 bridgehead atoms. The van der Waals surface area contributed by atoms with E-state index in [0.29, 0.717) is 0 Å². The van der Waals surface area contributed by atoms with Crippen molar-refractivity contribution >= 4 is 11.6 Å². The van der Waals surface area contributed by atoms with Crippen molar-refractivity contribution in [3.8, 4) is 0 Å². The zero-order valence-corrected chi connectivity index (χ0v) is 10.4. The van der Waals surface area contributed by atoms with Gasteiger partial charge in [0.1, 0.15) is 0 Å². The van der Waals surface area contributed by atoms with Gasteiger partial charge in [-0.1, -0.05) is 39.0 Å². The summed E-state index contributed by atoms with van der Waals surface area (Å²) in [4.78, 5) is 11.9. The number of anilines is 1. The van der Waals surface area contributed by atoms with E-state index in [1.54, 1.807) is 0 Å². The molecule has 1 aromatic carbocycles. The average Bonchev–Trinajstić information content (AvgIpc) is 2.20. The fourth-order valence-corrected chi connectivity index (χ4v) is 1.30. The van der Waals surface area contributed by atoms with E-state index in [-0.39, 0.29) is 11.3 Å². The lowest BCUT2D eigenvalue weighted by Gasteiger charge is -2.19. The molecule has 0 fully saturated rings. The lowest BCUT2D eigenvalue weighted by atomic mass is 9.95. The molecule has 0 saturated heterocycles. The third kappa shape index (κ3) is 3.35. The number of carbonyl (C=O) groups excluding carboxylic acids is 1. The Hall–Kier alpha value is -1.35. The molecule has 0 aliphatic rings. The van der Waals surface area contributed by atoms with Gasteiger partial charge < -0.3 is 10.6 Å². The second-order valence-electron chi connectivity index (χ2n) is 4.89. The zero-order valence-electron chi connectivity index (χ0n) is 10.4. The Bertz CT molecular complexity index is 366. The summed E-state index contributed by atoms with van der Waals surface area (Å²) < 4.78 is 0. The lowest BCUT2D eigenvalue weighted by molar-refractivity contribution is -0.123. The lowest BCUT2D eigenvalue weighted by Crippen LogP contribution is -2.28. The molecule has 1 aromatic rings. The second kappa shape index (κ2) is 5.12. The Kier molecular flexibility index (Phi) is 4.07. The van der Waals surface area contributed by atoms with Gasteiger partial charge in [0, 0.05) is 17.6 Å². The maximum atomic E-state index is 11.9. The number of para-hydroxylation sites is 1. The zero-order chi connectivity index (χ0) is 12.2. The van der Waals surface area contributed by atoms with Gasteiger partial charge in [-0.15, -0.1) is 0 Å². The molecule has 0 atom stereocenters. The topological polar surface area (TPSA) is 41.1 Å². The molecular weight excluding hydrogens is 200 g/mol. The summed E-state index contributed by atoms with van der Waals surface area (Å²) in [5.41, 5.74) is 1.62. The van der Waals surface area contributed by atoms with Gasteiger partial charge in [-0.2, -0.15) is 0 Å². The van der Waals surface area contributed by atoms with Gasteiger partial charge in [0.2, 0.25) is 5.91 Å². The van der Waals surface area contributed by atoms with Gasteiger partial charge in [0.25, 0.3) is 0 Å². The Labute approximate surface area is 97.2 Å². The molecule has 88 valence electrons. The molecule has 16 heavy (non-hydrogen) atoms. The van der Waals surface area contributed by atoms with Crippen LogP contribution in [0.4, 0.5) is 5.69 Å². The third-order valence-electron chi connectivity index (χ3n) is 2.31. The van der Waals surface area contributed by atoms with E-state index in [1.807, 2.05) is 52.1 Å². The van der Waals surface area contributed by atoms with Gasteiger partial charge in [-0.05, 0) is 18.7 Å². The molecule has 3 nitrogen and oxygen atoms in total. The highest BCUT2D eigenvalue weighted by atomic mass is 16.2. The molecule has 0 aliphatic carbocycles. The summed E-state index contributed by atoms with van der Waals surface area (Å²) in [5, 5.41) is 6.04. The first kappa shape index (κ1) is 12.7. The molecule has 0 radical (unpaired) electrons. The van der Waals surface area contributed by atoms with Crippen LogP contribution in [0, 0.1) is 5.41 Å². The Morgan fingerprint density at radius 3 is 2.44 bits per heavy atom. The quantitative estimate of drug-likeness (QED) is 0.821. The number of amides is 1. The molecule has 0 heterocycles. The van der Waals surface area contributed by atoms with Crippen molar-refractivity contribution in [1.29, 1.82) is 0 Å². The number of hydrogen-bond acceptors (Lipinski definition) is 2. The first-order valence-electron chi connectivity index (χ1n) is 5.49. The molecule has 0 unspecified atom stereocenters. The van der Waals surface area contributed by atoms with Crippen LogP contribution in [0.2, 0.25) is 0 Å². The first-order valence-corrected chi connectivity index (χ1v) is 5.49. The number of carbonyl (C=O) groups is 1. The molecule has 1 amide bonds. The highest BCUT2D eigenvalue weighted by Crippen LogP contribution is 2.20. The highest BCUT2D eigenvalue weighted by Gasteiger charge is 2.21. The Morgan fingerprint density at radius 2 is 1.88 bits per heavy atom. The molecule has 0 aromatic heterocycles. The van der Waals surface area contributed by atoms with E-state index in [9.17, 15) is 4.79 Å². The van der Waals surface area contributed by atoms with Crippen LogP contribution in [0.25, 0.3) is 0 Å². The minimum absolute atomic E-state index is 0.0380. The number of hydrogen-bond donors (Lipinski definition) is 2. The van der Waals surface area contributed by atoms with Gasteiger partial charge in [0.15, 0.2) is 0 Å². The maximum Gasteiger partial charge on any atom is 0.229 e. The molecule has 2 N–H and O–H groups in total. The molecule has 0 saturated carbocycles. The van der Waals surface area contributed by atoms with Crippen LogP contribution in [-0.4, -0.2) is 13.0 Å².